The molecular formula is C24H34N4O. The summed E-state index contributed by atoms with van der Waals surface area (Å²) in [6.07, 6.45) is 11.8. The lowest BCUT2D eigenvalue weighted by molar-refractivity contribution is -0.104. The molecule has 5 nitrogen and oxygen atoms in total. The summed E-state index contributed by atoms with van der Waals surface area (Å²) in [5, 5.41) is 3.68. The highest BCUT2D eigenvalue weighted by Gasteiger charge is 2.28. The van der Waals surface area contributed by atoms with Gasteiger partial charge in [-0.15, -0.1) is 0 Å². The van der Waals surface area contributed by atoms with Crippen molar-refractivity contribution in [2.24, 2.45) is 0 Å². The van der Waals surface area contributed by atoms with Gasteiger partial charge in [0.1, 0.15) is 6.29 Å². The lowest BCUT2D eigenvalue weighted by Crippen LogP contribution is -2.22. The number of allylic oxidation sites excluding steroid dienone is 3. The lowest BCUT2D eigenvalue weighted by Gasteiger charge is -2.25. The van der Waals surface area contributed by atoms with Gasteiger partial charge in [0.05, 0.1) is 28.5 Å². The molecule has 0 radical (unpaired) electrons. The van der Waals surface area contributed by atoms with E-state index in [1.165, 1.54) is 5.57 Å². The van der Waals surface area contributed by atoms with Crippen molar-refractivity contribution in [3.05, 3.63) is 70.6 Å². The smallest absolute Gasteiger partial charge is 0.145 e. The number of anilines is 1. The minimum absolute atomic E-state index is 0.703. The molecule has 1 aromatic heterocycles. The van der Waals surface area contributed by atoms with E-state index in [2.05, 4.69) is 54.3 Å². The van der Waals surface area contributed by atoms with Crippen molar-refractivity contribution in [3.63, 3.8) is 0 Å². The standard InChI is InChI=1S/C24H34N4O/c1-7-11-23-24(26-22-12-10-13-25-21(22)9-3)19(8-2)15-28(23)20(16-27(5)6)14-18(4)17-29/h10-14,16-17,26H,7-9,15H2,1-6H3/b18-14-,20-16+,23-11-. The van der Waals surface area contributed by atoms with Crippen LogP contribution in [0, 0.1) is 0 Å². The van der Waals surface area contributed by atoms with Gasteiger partial charge in [0.2, 0.25) is 0 Å². The average molecular weight is 395 g/mol. The van der Waals surface area contributed by atoms with Crippen LogP contribution in [0.25, 0.3) is 0 Å². The van der Waals surface area contributed by atoms with E-state index in [0.717, 1.165) is 60.6 Å². The molecule has 1 aliphatic heterocycles. The van der Waals surface area contributed by atoms with Crippen LogP contribution in [0.5, 0.6) is 0 Å². The summed E-state index contributed by atoms with van der Waals surface area (Å²) in [7, 11) is 4.00. The van der Waals surface area contributed by atoms with Gasteiger partial charge in [-0.1, -0.05) is 26.8 Å². The molecule has 2 rings (SSSR count). The number of aryl methyl sites for hydroxylation is 1. The Morgan fingerprint density at radius 2 is 2.03 bits per heavy atom. The average Bonchev–Trinajstić information content (AvgIpc) is 3.05. The van der Waals surface area contributed by atoms with E-state index in [4.69, 9.17) is 0 Å². The van der Waals surface area contributed by atoms with Crippen LogP contribution in [0.1, 0.15) is 46.2 Å². The highest BCUT2D eigenvalue weighted by Crippen LogP contribution is 2.35. The van der Waals surface area contributed by atoms with Crippen molar-refractivity contribution in [2.45, 2.75) is 47.0 Å². The summed E-state index contributed by atoms with van der Waals surface area (Å²) in [6, 6.07) is 4.06. The van der Waals surface area contributed by atoms with Crippen molar-refractivity contribution in [1.29, 1.82) is 0 Å². The van der Waals surface area contributed by atoms with E-state index in [1.54, 1.807) is 0 Å². The van der Waals surface area contributed by atoms with Gasteiger partial charge in [0.25, 0.3) is 0 Å². The maximum Gasteiger partial charge on any atom is 0.145 e. The molecule has 0 atom stereocenters. The highest BCUT2D eigenvalue weighted by atomic mass is 16.1. The molecule has 0 saturated carbocycles. The Labute approximate surface area is 175 Å². The molecular weight excluding hydrogens is 360 g/mol. The summed E-state index contributed by atoms with van der Waals surface area (Å²) in [6.45, 7) is 9.10. The second kappa shape index (κ2) is 10.6. The summed E-state index contributed by atoms with van der Waals surface area (Å²) in [4.78, 5) is 20.1. The maximum atomic E-state index is 11.3. The molecule has 156 valence electrons. The zero-order valence-electron chi connectivity index (χ0n) is 18.6. The number of nitrogens with one attached hydrogen (secondary N) is 1. The zero-order chi connectivity index (χ0) is 21.4. The molecule has 29 heavy (non-hydrogen) atoms. The van der Waals surface area contributed by atoms with E-state index < -0.39 is 0 Å². The van der Waals surface area contributed by atoms with Crippen LogP contribution in [-0.4, -0.2) is 41.7 Å². The summed E-state index contributed by atoms with van der Waals surface area (Å²) in [5.41, 5.74) is 7.47. The Morgan fingerprint density at radius 3 is 2.62 bits per heavy atom. The van der Waals surface area contributed by atoms with Crippen molar-refractivity contribution in [1.82, 2.24) is 14.8 Å². The molecule has 0 aliphatic carbocycles. The highest BCUT2D eigenvalue weighted by molar-refractivity contribution is 5.73. The number of hydrogen-bond acceptors (Lipinski definition) is 5. The fraction of sp³-hybridized carbons (Fsp3) is 0.417. The van der Waals surface area contributed by atoms with Gasteiger partial charge in [-0.2, -0.15) is 0 Å². The van der Waals surface area contributed by atoms with E-state index in [9.17, 15) is 4.79 Å². The van der Waals surface area contributed by atoms with Crippen molar-refractivity contribution < 1.29 is 4.79 Å². The molecule has 1 aromatic rings. The number of aldehydes is 1. The Morgan fingerprint density at radius 1 is 1.28 bits per heavy atom. The molecule has 0 unspecified atom stereocenters. The first-order chi connectivity index (χ1) is 13.9. The van der Waals surface area contributed by atoms with E-state index in [-0.39, 0.29) is 0 Å². The summed E-state index contributed by atoms with van der Waals surface area (Å²) < 4.78 is 0. The first-order valence-corrected chi connectivity index (χ1v) is 10.4. The van der Waals surface area contributed by atoms with E-state index in [1.807, 2.05) is 44.3 Å². The van der Waals surface area contributed by atoms with Crippen LogP contribution < -0.4 is 5.32 Å². The second-order valence-electron chi connectivity index (χ2n) is 7.42. The molecule has 0 spiro atoms. The number of carbonyl (C=O) groups is 1. The Hall–Kier alpha value is -2.82. The zero-order valence-corrected chi connectivity index (χ0v) is 18.6. The maximum absolute atomic E-state index is 11.3. The number of carbonyl (C=O) groups excluding carboxylic acids is 1. The van der Waals surface area contributed by atoms with Crippen LogP contribution in [0.3, 0.4) is 0 Å². The predicted octanol–water partition coefficient (Wildman–Crippen LogP) is 4.88. The Kier molecular flexibility index (Phi) is 8.25. The van der Waals surface area contributed by atoms with Gasteiger partial charge in [0.15, 0.2) is 0 Å². The fourth-order valence-corrected chi connectivity index (χ4v) is 3.43. The quantitative estimate of drug-likeness (QED) is 0.368. The molecule has 0 aromatic carbocycles. The van der Waals surface area contributed by atoms with Gasteiger partial charge in [-0.3, -0.25) is 9.78 Å². The third kappa shape index (κ3) is 5.59. The fourth-order valence-electron chi connectivity index (χ4n) is 3.43. The topological polar surface area (TPSA) is 48.5 Å². The lowest BCUT2D eigenvalue weighted by atomic mass is 10.1. The largest absolute Gasteiger partial charge is 0.382 e. The van der Waals surface area contributed by atoms with Crippen LogP contribution in [0.15, 0.2) is 64.9 Å². The predicted molar refractivity (Wildman–Crippen MR) is 121 cm³/mol. The monoisotopic (exact) mass is 394 g/mol. The van der Waals surface area contributed by atoms with Crippen molar-refractivity contribution in [2.75, 3.05) is 26.0 Å². The first-order valence-electron chi connectivity index (χ1n) is 10.4. The van der Waals surface area contributed by atoms with Gasteiger partial charge in [-0.25, -0.2) is 0 Å². The third-order valence-corrected chi connectivity index (χ3v) is 4.82. The van der Waals surface area contributed by atoms with Crippen LogP contribution in [0.4, 0.5) is 5.69 Å². The molecule has 2 heterocycles. The number of aromatic nitrogens is 1. The second-order valence-corrected chi connectivity index (χ2v) is 7.42. The van der Waals surface area contributed by atoms with Gasteiger partial charge < -0.3 is 15.1 Å². The molecule has 5 heteroatoms. The molecule has 1 aliphatic rings. The number of hydrogen-bond donors (Lipinski definition) is 1. The Bertz CT molecular complexity index is 846. The first kappa shape index (κ1) is 22.5. The number of rotatable bonds is 9. The molecule has 1 N–H and O–H groups in total. The third-order valence-electron chi connectivity index (χ3n) is 4.82. The van der Waals surface area contributed by atoms with Crippen LogP contribution in [-0.2, 0) is 11.2 Å². The number of nitrogens with zero attached hydrogens (tertiary/aromatic N) is 3. The molecule has 0 amide bonds. The summed E-state index contributed by atoms with van der Waals surface area (Å²) in [5.74, 6) is 0. The van der Waals surface area contributed by atoms with Gasteiger partial charge >= 0.3 is 0 Å². The molecule has 0 fully saturated rings. The van der Waals surface area contributed by atoms with Crippen LogP contribution in [0.2, 0.25) is 0 Å². The molecule has 0 bridgehead atoms. The normalized spacial score (nSPS) is 16.6. The molecule has 0 saturated heterocycles. The van der Waals surface area contributed by atoms with Crippen molar-refractivity contribution >= 4 is 12.0 Å². The van der Waals surface area contributed by atoms with Gasteiger partial charge in [0, 0.05) is 33.0 Å². The summed E-state index contributed by atoms with van der Waals surface area (Å²) >= 11 is 0. The minimum atomic E-state index is 0.703. The van der Waals surface area contributed by atoms with Crippen LogP contribution >= 0.6 is 0 Å². The van der Waals surface area contributed by atoms with E-state index >= 15 is 0 Å². The number of pyridine rings is 1. The van der Waals surface area contributed by atoms with Gasteiger partial charge in [-0.05, 0) is 55.5 Å². The SMILES string of the molecule is CC/C=C1/C(Nc2cccnc2CC)=C(CC)CN1C(/C=C(/C)C=O)=C/N(C)C. The van der Waals surface area contributed by atoms with E-state index in [0.29, 0.717) is 5.57 Å². The minimum Gasteiger partial charge on any atom is -0.382 e. The Balaban J connectivity index is 2.51. The van der Waals surface area contributed by atoms with Crippen molar-refractivity contribution in [3.8, 4) is 0 Å².